The first-order valence-electron chi connectivity index (χ1n) is 10.3. The van der Waals surface area contributed by atoms with Crippen molar-refractivity contribution in [2.45, 2.75) is 19.4 Å². The minimum Gasteiger partial charge on any atom is -0.508 e. The molecule has 1 atom stereocenters. The summed E-state index contributed by atoms with van der Waals surface area (Å²) in [7, 11) is 1.94. The smallest absolute Gasteiger partial charge is 0.196 e. The van der Waals surface area contributed by atoms with E-state index in [1.54, 1.807) is 0 Å². The monoisotopic (exact) mass is 468 g/mol. The van der Waals surface area contributed by atoms with Gasteiger partial charge in [0.15, 0.2) is 11.5 Å². The molecule has 3 aromatic heterocycles. The van der Waals surface area contributed by atoms with Crippen molar-refractivity contribution in [2.75, 3.05) is 25.0 Å². The van der Waals surface area contributed by atoms with Gasteiger partial charge in [0, 0.05) is 42.5 Å². The lowest BCUT2D eigenvalue weighted by Crippen LogP contribution is -2.29. The molecule has 4 heterocycles. The largest absolute Gasteiger partial charge is 0.508 e. The zero-order valence-corrected chi connectivity index (χ0v) is 18.8. The summed E-state index contributed by atoms with van der Waals surface area (Å²) in [6, 6.07) is 10.0. The van der Waals surface area contributed by atoms with E-state index < -0.39 is 5.82 Å². The summed E-state index contributed by atoms with van der Waals surface area (Å²) in [5, 5.41) is 30.8. The lowest BCUT2D eigenvalue weighted by atomic mass is 9.96. The maximum absolute atomic E-state index is 14.7. The quantitative estimate of drug-likeness (QED) is 0.412. The Morgan fingerprint density at radius 2 is 2.15 bits per heavy atom. The molecule has 4 aromatic rings. The average Bonchev–Trinajstić information content (AvgIpc) is 3.52. The number of anilines is 1. The van der Waals surface area contributed by atoms with Crippen LogP contribution in [0.15, 0.2) is 34.7 Å². The van der Waals surface area contributed by atoms with E-state index in [-0.39, 0.29) is 35.0 Å². The number of nitrogens with one attached hydrogen (secondary N) is 2. The molecule has 0 amide bonds. The maximum Gasteiger partial charge on any atom is 0.196 e. The number of aromatic amines is 1. The van der Waals surface area contributed by atoms with E-state index in [4.69, 9.17) is 4.42 Å². The van der Waals surface area contributed by atoms with Crippen LogP contribution in [0.3, 0.4) is 0 Å². The average molecular weight is 469 g/mol. The molecule has 33 heavy (non-hydrogen) atoms. The zero-order chi connectivity index (χ0) is 22.4. The Morgan fingerprint density at radius 3 is 2.85 bits per heavy atom. The van der Waals surface area contributed by atoms with Crippen molar-refractivity contribution in [1.82, 2.24) is 20.5 Å². The number of likely N-dealkylation sites (N-methyl/N-ethyl adjacent to an activating group) is 1. The second kappa shape index (κ2) is 8.73. The van der Waals surface area contributed by atoms with Crippen molar-refractivity contribution in [3.63, 3.8) is 0 Å². The minimum absolute atomic E-state index is 0. The molecule has 1 aromatic carbocycles. The summed E-state index contributed by atoms with van der Waals surface area (Å²) in [5.74, 6) is 0.316. The summed E-state index contributed by atoms with van der Waals surface area (Å²) in [6.07, 6.45) is 1.01. The van der Waals surface area contributed by atoms with Crippen LogP contribution in [0.5, 0.6) is 5.75 Å². The van der Waals surface area contributed by atoms with Gasteiger partial charge in [-0.25, -0.2) is 9.37 Å². The highest BCUT2D eigenvalue weighted by Gasteiger charge is 2.27. The molecule has 170 valence electrons. The molecular formula is C23H22ClFN6O2. The predicted molar refractivity (Wildman–Crippen MR) is 125 cm³/mol. The normalized spacial score (nSPS) is 15.6. The van der Waals surface area contributed by atoms with Gasteiger partial charge in [0.2, 0.25) is 0 Å². The van der Waals surface area contributed by atoms with E-state index >= 15 is 0 Å². The molecule has 0 radical (unpaired) electrons. The number of H-pyrrole nitrogens is 1. The molecule has 0 aliphatic carbocycles. The second-order valence-electron chi connectivity index (χ2n) is 7.89. The van der Waals surface area contributed by atoms with Crippen molar-refractivity contribution >= 4 is 29.3 Å². The summed E-state index contributed by atoms with van der Waals surface area (Å²) in [6.45, 7) is 3.53. The Bertz CT molecular complexity index is 1380. The predicted octanol–water partition coefficient (Wildman–Crippen LogP) is 4.13. The Hall–Kier alpha value is -3.61. The fourth-order valence-corrected chi connectivity index (χ4v) is 4.28. The number of pyridine rings is 1. The van der Waals surface area contributed by atoms with Crippen LogP contribution in [-0.4, -0.2) is 46.5 Å². The van der Waals surface area contributed by atoms with Crippen molar-refractivity contribution in [3.05, 3.63) is 47.4 Å². The highest BCUT2D eigenvalue weighted by molar-refractivity contribution is 5.99. The number of halogens is 2. The number of aromatic hydroxyl groups is 1. The molecule has 1 aliphatic heterocycles. The van der Waals surface area contributed by atoms with E-state index in [0.29, 0.717) is 34.3 Å². The van der Waals surface area contributed by atoms with Crippen molar-refractivity contribution in [3.8, 4) is 34.4 Å². The highest BCUT2D eigenvalue weighted by atomic mass is 35.5. The molecule has 5 rings (SSSR count). The van der Waals surface area contributed by atoms with E-state index in [0.717, 1.165) is 31.3 Å². The van der Waals surface area contributed by atoms with Crippen molar-refractivity contribution in [2.24, 2.45) is 0 Å². The van der Waals surface area contributed by atoms with Crippen molar-refractivity contribution < 1.29 is 13.9 Å². The van der Waals surface area contributed by atoms with Crippen LogP contribution in [0.4, 0.5) is 10.3 Å². The minimum atomic E-state index is -0.679. The van der Waals surface area contributed by atoms with Gasteiger partial charge in [-0.05, 0) is 38.6 Å². The van der Waals surface area contributed by atoms with E-state index in [2.05, 4.69) is 31.5 Å². The number of phenols is 1. The molecule has 0 saturated carbocycles. The number of furan rings is 1. The lowest BCUT2D eigenvalue weighted by molar-refractivity contribution is 0.469. The zero-order valence-electron chi connectivity index (χ0n) is 18.0. The van der Waals surface area contributed by atoms with Crippen LogP contribution >= 0.6 is 12.4 Å². The number of benzene rings is 1. The fraction of sp³-hybridized carbons (Fsp3) is 0.261. The number of hydrogen-bond acceptors (Lipinski definition) is 7. The fourth-order valence-electron chi connectivity index (χ4n) is 4.28. The molecule has 0 bridgehead atoms. The van der Waals surface area contributed by atoms with Crippen molar-refractivity contribution in [1.29, 1.82) is 5.26 Å². The number of aryl methyl sites for hydroxylation is 1. The van der Waals surface area contributed by atoms with Crippen LogP contribution in [-0.2, 0) is 0 Å². The third-order valence-corrected chi connectivity index (χ3v) is 5.95. The van der Waals surface area contributed by atoms with Crippen LogP contribution in [0, 0.1) is 24.1 Å². The van der Waals surface area contributed by atoms with E-state index in [1.165, 1.54) is 12.1 Å². The first-order valence-corrected chi connectivity index (χ1v) is 10.3. The number of phenolic OH excluding ortho intramolecular Hbond substituents is 1. The molecule has 3 N–H and O–H groups in total. The van der Waals surface area contributed by atoms with E-state index in [1.807, 2.05) is 26.1 Å². The first-order chi connectivity index (χ1) is 15.5. The Kier molecular flexibility index (Phi) is 5.97. The van der Waals surface area contributed by atoms with Gasteiger partial charge in [-0.15, -0.1) is 12.4 Å². The van der Waals surface area contributed by atoms with Gasteiger partial charge in [0.1, 0.15) is 23.4 Å². The van der Waals surface area contributed by atoms with Gasteiger partial charge in [-0.2, -0.15) is 10.4 Å². The Balaban J connectivity index is 0.00000259. The molecule has 8 nitrogen and oxygen atoms in total. The molecule has 10 heteroatoms. The van der Waals surface area contributed by atoms with Gasteiger partial charge in [-0.1, -0.05) is 0 Å². The number of nitrogens with zero attached hydrogens (tertiary/aromatic N) is 4. The molecule has 1 aliphatic rings. The summed E-state index contributed by atoms with van der Waals surface area (Å²) in [5.41, 5.74) is 2.03. The molecule has 0 spiro atoms. The van der Waals surface area contributed by atoms with Gasteiger partial charge < -0.3 is 19.7 Å². The van der Waals surface area contributed by atoms with E-state index in [9.17, 15) is 14.8 Å². The SMILES string of the molecule is CNC1CCN(c2ccc(-c3c(C#N)c(-c4ccc(O)cc4F)nc4n[nH]c(C)c34)o2)C1.Cl. The third kappa shape index (κ3) is 3.77. The number of rotatable bonds is 4. The maximum atomic E-state index is 14.7. The number of fused-ring (bicyclic) bond motifs is 1. The van der Waals surface area contributed by atoms with Crippen LogP contribution in [0.2, 0.25) is 0 Å². The third-order valence-electron chi connectivity index (χ3n) is 5.95. The summed E-state index contributed by atoms with van der Waals surface area (Å²) in [4.78, 5) is 6.62. The molecule has 1 unspecified atom stereocenters. The Morgan fingerprint density at radius 1 is 1.33 bits per heavy atom. The number of aromatic nitrogens is 3. The topological polar surface area (TPSA) is 114 Å². The standard InChI is InChI=1S/C23H21FN6O2.ClH/c1-12-20-21(18-5-6-19(32-18)30-8-7-13(11-30)26-2)16(10-25)22(27-23(20)29-28-12)15-4-3-14(31)9-17(15)24;/h3-6,9,13,26,31H,7-8,11H2,1-2H3,(H,27,28,29);1H. The van der Waals surface area contributed by atoms with Gasteiger partial charge in [0.05, 0.1) is 22.2 Å². The Labute approximate surface area is 195 Å². The van der Waals surface area contributed by atoms with Crippen LogP contribution < -0.4 is 10.2 Å². The summed E-state index contributed by atoms with van der Waals surface area (Å²) >= 11 is 0. The van der Waals surface area contributed by atoms with Crippen LogP contribution in [0.25, 0.3) is 33.6 Å². The van der Waals surface area contributed by atoms with Gasteiger partial charge in [-0.3, -0.25) is 5.10 Å². The summed E-state index contributed by atoms with van der Waals surface area (Å²) < 4.78 is 20.9. The number of hydrogen-bond donors (Lipinski definition) is 3. The lowest BCUT2D eigenvalue weighted by Gasteiger charge is -2.15. The molecule has 1 fully saturated rings. The number of nitriles is 1. The van der Waals surface area contributed by atoms with Gasteiger partial charge in [0.25, 0.3) is 0 Å². The van der Waals surface area contributed by atoms with Crippen LogP contribution in [0.1, 0.15) is 17.7 Å². The van der Waals surface area contributed by atoms with Gasteiger partial charge >= 0.3 is 0 Å². The molecule has 1 saturated heterocycles. The highest BCUT2D eigenvalue weighted by Crippen LogP contribution is 2.40. The first kappa shape index (κ1) is 22.6. The molecular weight excluding hydrogens is 447 g/mol. The second-order valence-corrected chi connectivity index (χ2v) is 7.89.